The number of fused-ring (bicyclic) bond motifs is 1. The Morgan fingerprint density at radius 1 is 1.20 bits per heavy atom. The van der Waals surface area contributed by atoms with E-state index in [0.29, 0.717) is 6.54 Å². The minimum atomic E-state index is 0.209. The summed E-state index contributed by atoms with van der Waals surface area (Å²) in [6.07, 6.45) is 9.33. The summed E-state index contributed by atoms with van der Waals surface area (Å²) in [5.41, 5.74) is 3.59. The molecular formula is C20H24ClN3O. The average Bonchev–Trinajstić information content (AvgIpc) is 3.24. The predicted octanol–water partition coefficient (Wildman–Crippen LogP) is 3.65. The summed E-state index contributed by atoms with van der Waals surface area (Å²) >= 11 is 6.31. The first-order valence-electron chi connectivity index (χ1n) is 9.28. The normalized spacial score (nSPS) is 19.9. The smallest absolute Gasteiger partial charge is 0.242 e. The van der Waals surface area contributed by atoms with Crippen molar-refractivity contribution in [3.63, 3.8) is 0 Å². The molecule has 1 aliphatic carbocycles. The standard InChI is InChI=1S/C20H24ClN3O/c21-17-8-2-1-6-15(17)12-16-7-5-11-24(16)20(25)13-23-14-22-18-9-3-4-10-19(18)23/h1-2,6,8,14,16H,3-5,7,9-13H2/t16-/m1/s1. The molecule has 0 N–H and O–H groups in total. The lowest BCUT2D eigenvalue weighted by Gasteiger charge is -2.26. The number of hydrogen-bond donors (Lipinski definition) is 0. The zero-order valence-electron chi connectivity index (χ0n) is 14.5. The van der Waals surface area contributed by atoms with Crippen molar-refractivity contribution in [1.29, 1.82) is 0 Å². The molecule has 1 atom stereocenters. The first kappa shape index (κ1) is 16.6. The van der Waals surface area contributed by atoms with Crippen LogP contribution in [-0.2, 0) is 30.6 Å². The molecule has 25 heavy (non-hydrogen) atoms. The van der Waals surface area contributed by atoms with Crippen LogP contribution in [0.3, 0.4) is 0 Å². The van der Waals surface area contributed by atoms with E-state index < -0.39 is 0 Å². The van der Waals surface area contributed by atoms with Gasteiger partial charge in [0, 0.05) is 23.3 Å². The highest BCUT2D eigenvalue weighted by atomic mass is 35.5. The third-order valence-corrected chi connectivity index (χ3v) is 5.90. The zero-order chi connectivity index (χ0) is 17.2. The highest BCUT2D eigenvalue weighted by molar-refractivity contribution is 6.31. The Morgan fingerprint density at radius 3 is 2.92 bits per heavy atom. The van der Waals surface area contributed by atoms with Gasteiger partial charge in [0.25, 0.3) is 0 Å². The lowest BCUT2D eigenvalue weighted by molar-refractivity contribution is -0.132. The fourth-order valence-electron chi connectivity index (χ4n) is 4.20. The Labute approximate surface area is 153 Å². The summed E-state index contributed by atoms with van der Waals surface area (Å²) in [6, 6.07) is 8.21. The SMILES string of the molecule is O=C(Cn1cnc2c1CCCC2)N1CCC[C@@H]1Cc1ccccc1Cl. The number of aromatic nitrogens is 2. The van der Waals surface area contributed by atoms with Gasteiger partial charge in [-0.15, -0.1) is 0 Å². The van der Waals surface area contributed by atoms with Crippen molar-refractivity contribution in [2.24, 2.45) is 0 Å². The van der Waals surface area contributed by atoms with Gasteiger partial charge in [-0.1, -0.05) is 29.8 Å². The molecule has 132 valence electrons. The average molecular weight is 358 g/mol. The van der Waals surface area contributed by atoms with E-state index in [2.05, 4.69) is 20.5 Å². The lowest BCUT2D eigenvalue weighted by Crippen LogP contribution is -2.39. The third-order valence-electron chi connectivity index (χ3n) is 5.53. The maximum absolute atomic E-state index is 12.9. The molecule has 2 aliphatic rings. The zero-order valence-corrected chi connectivity index (χ0v) is 15.2. The van der Waals surface area contributed by atoms with Gasteiger partial charge in [0.2, 0.25) is 5.91 Å². The molecule has 5 heteroatoms. The minimum absolute atomic E-state index is 0.209. The number of benzene rings is 1. The molecule has 4 rings (SSSR count). The van der Waals surface area contributed by atoms with Crippen LogP contribution in [0.15, 0.2) is 30.6 Å². The van der Waals surface area contributed by atoms with Gasteiger partial charge in [0.1, 0.15) is 6.54 Å². The first-order chi connectivity index (χ1) is 12.2. The number of halogens is 1. The van der Waals surface area contributed by atoms with E-state index in [-0.39, 0.29) is 11.9 Å². The molecule has 2 aromatic rings. The van der Waals surface area contributed by atoms with E-state index in [1.165, 1.54) is 24.2 Å². The van der Waals surface area contributed by atoms with Gasteiger partial charge < -0.3 is 9.47 Å². The van der Waals surface area contributed by atoms with Crippen LogP contribution in [0.4, 0.5) is 0 Å². The molecule has 1 amide bonds. The lowest BCUT2D eigenvalue weighted by atomic mass is 10.0. The van der Waals surface area contributed by atoms with E-state index in [4.69, 9.17) is 11.6 Å². The Morgan fingerprint density at radius 2 is 2.04 bits per heavy atom. The van der Waals surface area contributed by atoms with Crippen molar-refractivity contribution in [2.45, 2.75) is 57.5 Å². The molecule has 4 nitrogen and oxygen atoms in total. The Balaban J connectivity index is 1.46. The molecule has 0 radical (unpaired) electrons. The van der Waals surface area contributed by atoms with Crippen LogP contribution in [0.2, 0.25) is 5.02 Å². The Hall–Kier alpha value is -1.81. The molecule has 2 heterocycles. The van der Waals surface area contributed by atoms with E-state index in [1.54, 1.807) is 0 Å². The second kappa shape index (κ2) is 7.20. The summed E-state index contributed by atoms with van der Waals surface area (Å²) < 4.78 is 2.07. The summed E-state index contributed by atoms with van der Waals surface area (Å²) in [5.74, 6) is 0.209. The second-order valence-electron chi connectivity index (χ2n) is 7.15. The predicted molar refractivity (Wildman–Crippen MR) is 98.8 cm³/mol. The van der Waals surface area contributed by atoms with Crippen molar-refractivity contribution in [3.8, 4) is 0 Å². The molecule has 1 fully saturated rings. The minimum Gasteiger partial charge on any atom is -0.338 e. The summed E-state index contributed by atoms with van der Waals surface area (Å²) in [7, 11) is 0. The quantitative estimate of drug-likeness (QED) is 0.837. The van der Waals surface area contributed by atoms with Crippen LogP contribution >= 0.6 is 11.6 Å². The molecular weight excluding hydrogens is 334 g/mol. The topological polar surface area (TPSA) is 38.1 Å². The monoisotopic (exact) mass is 357 g/mol. The molecule has 0 unspecified atom stereocenters. The number of imidazole rings is 1. The van der Waals surface area contributed by atoms with Crippen LogP contribution in [0.25, 0.3) is 0 Å². The summed E-state index contributed by atoms with van der Waals surface area (Å²) in [4.78, 5) is 19.5. The fraction of sp³-hybridized carbons (Fsp3) is 0.500. The molecule has 1 aromatic heterocycles. The van der Waals surface area contributed by atoms with Crippen LogP contribution in [0.1, 0.15) is 42.6 Å². The molecule has 0 saturated carbocycles. The highest BCUT2D eigenvalue weighted by Gasteiger charge is 2.30. The summed E-state index contributed by atoms with van der Waals surface area (Å²) in [5, 5.41) is 0.797. The van der Waals surface area contributed by atoms with E-state index >= 15 is 0 Å². The number of amides is 1. The third kappa shape index (κ3) is 3.45. The Kier molecular flexibility index (Phi) is 4.80. The maximum atomic E-state index is 12.9. The number of aryl methyl sites for hydroxylation is 1. The number of carbonyl (C=O) groups excluding carboxylic acids is 1. The molecule has 0 spiro atoms. The summed E-state index contributed by atoms with van der Waals surface area (Å²) in [6.45, 7) is 1.27. The van der Waals surface area contributed by atoms with Crippen LogP contribution in [0, 0.1) is 0 Å². The number of nitrogens with zero attached hydrogens (tertiary/aromatic N) is 3. The number of hydrogen-bond acceptors (Lipinski definition) is 2. The van der Waals surface area contributed by atoms with Gasteiger partial charge in [0.05, 0.1) is 12.0 Å². The van der Waals surface area contributed by atoms with Gasteiger partial charge in [0.15, 0.2) is 0 Å². The Bertz CT molecular complexity index is 770. The van der Waals surface area contributed by atoms with Crippen LogP contribution in [0.5, 0.6) is 0 Å². The van der Waals surface area contributed by atoms with Gasteiger partial charge >= 0.3 is 0 Å². The van der Waals surface area contributed by atoms with Crippen molar-refractivity contribution in [1.82, 2.24) is 14.5 Å². The largest absolute Gasteiger partial charge is 0.338 e. The molecule has 0 bridgehead atoms. The molecule has 1 saturated heterocycles. The number of rotatable bonds is 4. The van der Waals surface area contributed by atoms with Crippen molar-refractivity contribution in [3.05, 3.63) is 52.6 Å². The highest BCUT2D eigenvalue weighted by Crippen LogP contribution is 2.26. The first-order valence-corrected chi connectivity index (χ1v) is 9.66. The second-order valence-corrected chi connectivity index (χ2v) is 7.56. The van der Waals surface area contributed by atoms with Crippen molar-refractivity contribution >= 4 is 17.5 Å². The van der Waals surface area contributed by atoms with E-state index in [0.717, 1.165) is 49.2 Å². The van der Waals surface area contributed by atoms with Crippen LogP contribution < -0.4 is 0 Å². The number of likely N-dealkylation sites (tertiary alicyclic amines) is 1. The van der Waals surface area contributed by atoms with Gasteiger partial charge in [-0.3, -0.25) is 4.79 Å². The molecule has 1 aliphatic heterocycles. The molecule has 1 aromatic carbocycles. The van der Waals surface area contributed by atoms with Gasteiger partial charge in [-0.05, 0) is 56.6 Å². The fourth-order valence-corrected chi connectivity index (χ4v) is 4.41. The maximum Gasteiger partial charge on any atom is 0.242 e. The van der Waals surface area contributed by atoms with Crippen LogP contribution in [-0.4, -0.2) is 32.9 Å². The van der Waals surface area contributed by atoms with Crippen molar-refractivity contribution in [2.75, 3.05) is 6.54 Å². The van der Waals surface area contributed by atoms with Crippen molar-refractivity contribution < 1.29 is 4.79 Å². The van der Waals surface area contributed by atoms with E-state index in [1.807, 2.05) is 24.5 Å². The van der Waals surface area contributed by atoms with Gasteiger partial charge in [-0.25, -0.2) is 4.98 Å². The number of carbonyl (C=O) groups is 1. The van der Waals surface area contributed by atoms with Gasteiger partial charge in [-0.2, -0.15) is 0 Å². The van der Waals surface area contributed by atoms with E-state index in [9.17, 15) is 4.79 Å².